The van der Waals surface area contributed by atoms with Crippen molar-refractivity contribution in [3.8, 4) is 0 Å². The lowest BCUT2D eigenvalue weighted by atomic mass is 10.00. The molecule has 0 aromatic carbocycles. The van der Waals surface area contributed by atoms with Gasteiger partial charge in [0.2, 0.25) is 0 Å². The van der Waals surface area contributed by atoms with Crippen molar-refractivity contribution in [2.75, 3.05) is 13.7 Å². The van der Waals surface area contributed by atoms with Crippen LogP contribution in [-0.4, -0.2) is 34.1 Å². The molecule has 14 heavy (non-hydrogen) atoms. The molecule has 1 aromatic heterocycles. The van der Waals surface area contributed by atoms with Crippen LogP contribution >= 0.6 is 11.6 Å². The van der Waals surface area contributed by atoms with Gasteiger partial charge in [-0.2, -0.15) is 5.10 Å². The molecule has 0 aliphatic carbocycles. The summed E-state index contributed by atoms with van der Waals surface area (Å²) in [5.74, 6) is 0. The van der Waals surface area contributed by atoms with Crippen LogP contribution in [0.5, 0.6) is 0 Å². The molecule has 0 saturated carbocycles. The Bertz CT molecular complexity index is 283. The molecular formula is C9H16ClN3O. The maximum absolute atomic E-state index is 9.15. The van der Waals surface area contributed by atoms with Crippen molar-refractivity contribution in [3.63, 3.8) is 0 Å². The molecule has 4 nitrogen and oxygen atoms in total. The van der Waals surface area contributed by atoms with Crippen LogP contribution in [0.2, 0.25) is 5.02 Å². The van der Waals surface area contributed by atoms with Crippen molar-refractivity contribution in [1.82, 2.24) is 15.1 Å². The van der Waals surface area contributed by atoms with Gasteiger partial charge in [-0.1, -0.05) is 11.6 Å². The number of aliphatic hydroxyl groups excluding tert-OH is 1. The standard InChI is InChI=1S/C9H16ClN3O/c1-9(7-14,11-2)3-4-13-6-8(10)5-12-13/h5-6,11,14H,3-4,7H2,1-2H3. The third-order valence-electron chi connectivity index (χ3n) is 2.45. The maximum Gasteiger partial charge on any atom is 0.0785 e. The second-order valence-corrected chi connectivity index (χ2v) is 4.08. The van der Waals surface area contributed by atoms with Crippen LogP contribution in [0, 0.1) is 0 Å². The van der Waals surface area contributed by atoms with Crippen LogP contribution in [0.3, 0.4) is 0 Å². The van der Waals surface area contributed by atoms with Crippen LogP contribution in [0.25, 0.3) is 0 Å². The van der Waals surface area contributed by atoms with E-state index in [0.29, 0.717) is 5.02 Å². The van der Waals surface area contributed by atoms with Crippen LogP contribution in [0.1, 0.15) is 13.3 Å². The summed E-state index contributed by atoms with van der Waals surface area (Å²) in [6, 6.07) is 0. The smallest absolute Gasteiger partial charge is 0.0785 e. The first-order valence-electron chi connectivity index (χ1n) is 4.57. The van der Waals surface area contributed by atoms with Gasteiger partial charge >= 0.3 is 0 Å². The van der Waals surface area contributed by atoms with Crippen LogP contribution in [-0.2, 0) is 6.54 Å². The van der Waals surface area contributed by atoms with E-state index in [4.69, 9.17) is 16.7 Å². The Morgan fingerprint density at radius 1 is 1.71 bits per heavy atom. The first-order valence-corrected chi connectivity index (χ1v) is 4.95. The highest BCUT2D eigenvalue weighted by Crippen LogP contribution is 2.11. The fourth-order valence-corrected chi connectivity index (χ4v) is 1.26. The summed E-state index contributed by atoms with van der Waals surface area (Å²) < 4.78 is 1.77. The topological polar surface area (TPSA) is 50.1 Å². The average molecular weight is 218 g/mol. The summed E-state index contributed by atoms with van der Waals surface area (Å²) in [7, 11) is 1.84. The molecule has 0 saturated heterocycles. The highest BCUT2D eigenvalue weighted by molar-refractivity contribution is 6.30. The molecule has 0 bridgehead atoms. The predicted octanol–water partition coefficient (Wildman–Crippen LogP) is 0.897. The molecule has 1 aromatic rings. The molecule has 0 spiro atoms. The zero-order chi connectivity index (χ0) is 10.6. The zero-order valence-corrected chi connectivity index (χ0v) is 9.25. The van der Waals surface area contributed by atoms with E-state index < -0.39 is 0 Å². The number of nitrogens with one attached hydrogen (secondary N) is 1. The van der Waals surface area contributed by atoms with E-state index in [-0.39, 0.29) is 12.1 Å². The third kappa shape index (κ3) is 2.97. The molecule has 1 unspecified atom stereocenters. The van der Waals surface area contributed by atoms with Gasteiger partial charge in [0.1, 0.15) is 0 Å². The van der Waals surface area contributed by atoms with E-state index in [1.54, 1.807) is 17.1 Å². The number of hydrogen-bond acceptors (Lipinski definition) is 3. The SMILES string of the molecule is CNC(C)(CO)CCn1cc(Cl)cn1. The Kier molecular flexibility index (Phi) is 3.92. The number of aryl methyl sites for hydroxylation is 1. The number of aromatic nitrogens is 2. The molecule has 2 N–H and O–H groups in total. The van der Waals surface area contributed by atoms with E-state index in [1.807, 2.05) is 14.0 Å². The molecule has 1 atom stereocenters. The zero-order valence-electron chi connectivity index (χ0n) is 8.50. The Labute approximate surface area is 88.9 Å². The fraction of sp³-hybridized carbons (Fsp3) is 0.667. The van der Waals surface area contributed by atoms with E-state index in [1.165, 1.54) is 0 Å². The first kappa shape index (κ1) is 11.5. The van der Waals surface area contributed by atoms with E-state index in [2.05, 4.69) is 10.4 Å². The lowest BCUT2D eigenvalue weighted by Gasteiger charge is -2.26. The minimum absolute atomic E-state index is 0.110. The van der Waals surface area contributed by atoms with Crippen molar-refractivity contribution < 1.29 is 5.11 Å². The molecule has 0 aliphatic heterocycles. The fourth-order valence-electron chi connectivity index (χ4n) is 1.11. The van der Waals surface area contributed by atoms with Crippen molar-refractivity contribution >= 4 is 11.6 Å². The summed E-state index contributed by atoms with van der Waals surface area (Å²) in [5.41, 5.74) is -0.252. The van der Waals surface area contributed by atoms with Gasteiger partial charge in [-0.05, 0) is 20.4 Å². The Balaban J connectivity index is 2.47. The van der Waals surface area contributed by atoms with Crippen LogP contribution < -0.4 is 5.32 Å². The average Bonchev–Trinajstić information content (AvgIpc) is 2.61. The summed E-state index contributed by atoms with van der Waals surface area (Å²) in [5, 5.41) is 16.9. The predicted molar refractivity (Wildman–Crippen MR) is 56.4 cm³/mol. The Morgan fingerprint density at radius 3 is 2.86 bits per heavy atom. The van der Waals surface area contributed by atoms with Gasteiger partial charge in [-0.15, -0.1) is 0 Å². The highest BCUT2D eigenvalue weighted by atomic mass is 35.5. The molecule has 0 fully saturated rings. The van der Waals surface area contributed by atoms with Gasteiger partial charge in [0.05, 0.1) is 17.8 Å². The quantitative estimate of drug-likeness (QED) is 0.771. The second-order valence-electron chi connectivity index (χ2n) is 3.64. The van der Waals surface area contributed by atoms with Gasteiger partial charge in [-0.25, -0.2) is 0 Å². The molecule has 0 radical (unpaired) electrons. The molecule has 0 amide bonds. The lowest BCUT2D eigenvalue weighted by Crippen LogP contribution is -2.44. The monoisotopic (exact) mass is 217 g/mol. The summed E-state index contributed by atoms with van der Waals surface area (Å²) in [4.78, 5) is 0. The summed E-state index contributed by atoms with van der Waals surface area (Å²) in [6.07, 6.45) is 4.18. The van der Waals surface area contributed by atoms with Crippen molar-refractivity contribution in [3.05, 3.63) is 17.4 Å². The van der Waals surface area contributed by atoms with E-state index in [9.17, 15) is 0 Å². The lowest BCUT2D eigenvalue weighted by molar-refractivity contribution is 0.167. The number of likely N-dealkylation sites (N-methyl/N-ethyl adjacent to an activating group) is 1. The second kappa shape index (κ2) is 4.77. The molecule has 1 heterocycles. The maximum atomic E-state index is 9.15. The van der Waals surface area contributed by atoms with E-state index >= 15 is 0 Å². The first-order chi connectivity index (χ1) is 6.59. The van der Waals surface area contributed by atoms with Gasteiger partial charge in [0.15, 0.2) is 0 Å². The third-order valence-corrected chi connectivity index (χ3v) is 2.64. The van der Waals surface area contributed by atoms with Crippen molar-refractivity contribution in [2.24, 2.45) is 0 Å². The van der Waals surface area contributed by atoms with Gasteiger partial charge < -0.3 is 10.4 Å². The minimum Gasteiger partial charge on any atom is -0.394 e. The number of rotatable bonds is 5. The normalized spacial score (nSPS) is 15.4. The van der Waals surface area contributed by atoms with Crippen LogP contribution in [0.4, 0.5) is 0 Å². The molecule has 80 valence electrons. The summed E-state index contributed by atoms with van der Waals surface area (Å²) >= 11 is 5.73. The van der Waals surface area contributed by atoms with Gasteiger partial charge in [-0.3, -0.25) is 4.68 Å². The molecule has 0 aliphatic rings. The van der Waals surface area contributed by atoms with Crippen molar-refractivity contribution in [1.29, 1.82) is 0 Å². The van der Waals surface area contributed by atoms with Gasteiger partial charge in [0, 0.05) is 18.3 Å². The molecule has 5 heteroatoms. The highest BCUT2D eigenvalue weighted by Gasteiger charge is 2.20. The number of aliphatic hydroxyl groups is 1. The number of halogens is 1. The van der Waals surface area contributed by atoms with E-state index in [0.717, 1.165) is 13.0 Å². The Hall–Kier alpha value is -0.580. The minimum atomic E-state index is -0.252. The number of nitrogens with zero attached hydrogens (tertiary/aromatic N) is 2. The number of hydrogen-bond donors (Lipinski definition) is 2. The molecular weight excluding hydrogens is 202 g/mol. The van der Waals surface area contributed by atoms with Crippen molar-refractivity contribution in [2.45, 2.75) is 25.4 Å². The largest absolute Gasteiger partial charge is 0.394 e. The van der Waals surface area contributed by atoms with Crippen LogP contribution in [0.15, 0.2) is 12.4 Å². The van der Waals surface area contributed by atoms with Gasteiger partial charge in [0.25, 0.3) is 0 Å². The molecule has 1 rings (SSSR count). The Morgan fingerprint density at radius 2 is 2.43 bits per heavy atom. The summed E-state index contributed by atoms with van der Waals surface area (Å²) in [6.45, 7) is 2.82.